The molecular weight excluding hydrogens is 608 g/mol. The van der Waals surface area contributed by atoms with Gasteiger partial charge in [-0.25, -0.2) is 0 Å². The third kappa shape index (κ3) is 7.71. The summed E-state index contributed by atoms with van der Waals surface area (Å²) in [5.41, 5.74) is 3.14. The molecule has 0 spiro atoms. The Morgan fingerprint density at radius 3 is 1.82 bits per heavy atom. The number of hydrogen-bond donors (Lipinski definition) is 2. The SMILES string of the molecule is O=C(Nc1ccc(C(=O)/C=C/c2ccc(Br)cc2)cc1)/C(=C/c1ccc(Br)cc1)NC(=O)c1ccccc1. The topological polar surface area (TPSA) is 75.3 Å². The van der Waals surface area contributed by atoms with Gasteiger partial charge in [-0.2, -0.15) is 0 Å². The van der Waals surface area contributed by atoms with Crippen molar-refractivity contribution in [1.82, 2.24) is 5.32 Å². The fourth-order valence-corrected chi connectivity index (χ4v) is 3.96. The van der Waals surface area contributed by atoms with Crippen LogP contribution in [-0.2, 0) is 4.79 Å². The standard InChI is InChI=1S/C31H22Br2N2O3/c32-25-13-6-21(7-14-25)10-19-29(36)23-11-17-27(18-12-23)34-31(38)28(20-22-8-15-26(33)16-9-22)35-30(37)24-4-2-1-3-5-24/h1-20H,(H,34,38)(H,35,37)/b19-10+,28-20-. The number of carbonyl (C=O) groups is 3. The number of anilines is 1. The van der Waals surface area contributed by atoms with Gasteiger partial charge < -0.3 is 10.6 Å². The Hall–Kier alpha value is -4.07. The molecule has 0 saturated heterocycles. The first-order valence-corrected chi connectivity index (χ1v) is 13.2. The first kappa shape index (κ1) is 27.0. The van der Waals surface area contributed by atoms with Gasteiger partial charge in [0.15, 0.2) is 5.78 Å². The minimum absolute atomic E-state index is 0.0822. The molecule has 5 nitrogen and oxygen atoms in total. The van der Waals surface area contributed by atoms with Gasteiger partial charge in [0.2, 0.25) is 0 Å². The first-order valence-electron chi connectivity index (χ1n) is 11.6. The minimum atomic E-state index is -0.494. The van der Waals surface area contributed by atoms with Crippen molar-refractivity contribution in [2.24, 2.45) is 0 Å². The number of benzene rings is 4. The largest absolute Gasteiger partial charge is 0.321 e. The molecule has 4 aromatic rings. The maximum atomic E-state index is 13.2. The minimum Gasteiger partial charge on any atom is -0.321 e. The average Bonchev–Trinajstić information content (AvgIpc) is 2.94. The molecule has 2 amide bonds. The van der Waals surface area contributed by atoms with Crippen LogP contribution >= 0.6 is 31.9 Å². The number of allylic oxidation sites excluding steroid dienone is 1. The van der Waals surface area contributed by atoms with E-state index in [9.17, 15) is 14.4 Å². The van der Waals surface area contributed by atoms with Gasteiger partial charge in [-0.05, 0) is 83.9 Å². The normalized spacial score (nSPS) is 11.3. The van der Waals surface area contributed by atoms with Crippen molar-refractivity contribution in [1.29, 1.82) is 0 Å². The zero-order valence-electron chi connectivity index (χ0n) is 20.0. The van der Waals surface area contributed by atoms with Crippen LogP contribution in [0.3, 0.4) is 0 Å². The number of ketones is 1. The Bertz CT molecular complexity index is 1490. The van der Waals surface area contributed by atoms with E-state index in [1.807, 2.05) is 54.6 Å². The summed E-state index contributed by atoms with van der Waals surface area (Å²) in [7, 11) is 0. The summed E-state index contributed by atoms with van der Waals surface area (Å²) >= 11 is 6.79. The second-order valence-electron chi connectivity index (χ2n) is 8.21. The second kappa shape index (κ2) is 12.9. The Morgan fingerprint density at radius 1 is 0.632 bits per heavy atom. The maximum absolute atomic E-state index is 13.2. The molecule has 0 unspecified atom stereocenters. The zero-order chi connectivity index (χ0) is 26.9. The van der Waals surface area contributed by atoms with Gasteiger partial charge >= 0.3 is 0 Å². The highest BCUT2D eigenvalue weighted by Crippen LogP contribution is 2.16. The number of halogens is 2. The van der Waals surface area contributed by atoms with Crippen LogP contribution in [0.2, 0.25) is 0 Å². The van der Waals surface area contributed by atoms with Crippen molar-refractivity contribution in [3.8, 4) is 0 Å². The monoisotopic (exact) mass is 628 g/mol. The molecule has 4 rings (SSSR count). The predicted octanol–water partition coefficient (Wildman–Crippen LogP) is 7.52. The van der Waals surface area contributed by atoms with E-state index >= 15 is 0 Å². The molecule has 0 saturated carbocycles. The van der Waals surface area contributed by atoms with Crippen molar-refractivity contribution >= 4 is 67.3 Å². The number of carbonyl (C=O) groups excluding carboxylic acids is 3. The van der Waals surface area contributed by atoms with E-state index < -0.39 is 11.8 Å². The molecule has 4 aromatic carbocycles. The van der Waals surface area contributed by atoms with Gasteiger partial charge in [0.25, 0.3) is 11.8 Å². The Labute approximate surface area is 237 Å². The summed E-state index contributed by atoms with van der Waals surface area (Å²) in [5, 5.41) is 5.51. The maximum Gasteiger partial charge on any atom is 0.272 e. The number of nitrogens with one attached hydrogen (secondary N) is 2. The lowest BCUT2D eigenvalue weighted by Gasteiger charge is -2.12. The quantitative estimate of drug-likeness (QED) is 0.156. The van der Waals surface area contributed by atoms with Crippen molar-refractivity contribution in [2.45, 2.75) is 0 Å². The van der Waals surface area contributed by atoms with Crippen molar-refractivity contribution in [2.75, 3.05) is 5.32 Å². The Morgan fingerprint density at radius 2 is 1.21 bits per heavy atom. The molecule has 0 aliphatic heterocycles. The van der Waals surface area contributed by atoms with Gasteiger partial charge in [-0.15, -0.1) is 0 Å². The van der Waals surface area contributed by atoms with E-state index in [4.69, 9.17) is 0 Å². The lowest BCUT2D eigenvalue weighted by Crippen LogP contribution is -2.30. The van der Waals surface area contributed by atoms with Crippen LogP contribution in [0, 0.1) is 0 Å². The molecule has 0 fully saturated rings. The van der Waals surface area contributed by atoms with Crippen LogP contribution in [0.4, 0.5) is 5.69 Å². The van der Waals surface area contributed by atoms with Crippen molar-refractivity contribution in [3.63, 3.8) is 0 Å². The lowest BCUT2D eigenvalue weighted by molar-refractivity contribution is -0.113. The Balaban J connectivity index is 1.48. The zero-order valence-corrected chi connectivity index (χ0v) is 23.2. The van der Waals surface area contributed by atoms with Crippen LogP contribution < -0.4 is 10.6 Å². The third-order valence-corrected chi connectivity index (χ3v) is 6.49. The van der Waals surface area contributed by atoms with E-state index in [2.05, 4.69) is 42.5 Å². The van der Waals surface area contributed by atoms with Crippen LogP contribution in [0.25, 0.3) is 12.2 Å². The summed E-state index contributed by atoms with van der Waals surface area (Å²) in [6.07, 6.45) is 4.86. The second-order valence-corrected chi connectivity index (χ2v) is 10.0. The molecule has 38 heavy (non-hydrogen) atoms. The molecule has 0 radical (unpaired) electrons. The highest BCUT2D eigenvalue weighted by atomic mass is 79.9. The highest BCUT2D eigenvalue weighted by molar-refractivity contribution is 9.10. The molecule has 0 aliphatic rings. The van der Waals surface area contributed by atoms with Crippen LogP contribution in [0.1, 0.15) is 31.8 Å². The van der Waals surface area contributed by atoms with Crippen LogP contribution in [0.15, 0.2) is 124 Å². The summed E-state index contributed by atoms with van der Waals surface area (Å²) < 4.78 is 1.86. The summed E-state index contributed by atoms with van der Waals surface area (Å²) in [6.45, 7) is 0. The van der Waals surface area contributed by atoms with Gasteiger partial charge in [0, 0.05) is 25.8 Å². The molecular formula is C31H22Br2N2O3. The van der Waals surface area contributed by atoms with Gasteiger partial charge in [-0.3, -0.25) is 14.4 Å². The molecule has 2 N–H and O–H groups in total. The van der Waals surface area contributed by atoms with Crippen molar-refractivity contribution in [3.05, 3.63) is 146 Å². The molecule has 7 heteroatoms. The van der Waals surface area contributed by atoms with E-state index in [0.29, 0.717) is 16.8 Å². The molecule has 0 aliphatic carbocycles. The number of amides is 2. The highest BCUT2D eigenvalue weighted by Gasteiger charge is 2.15. The van der Waals surface area contributed by atoms with Crippen LogP contribution in [0.5, 0.6) is 0 Å². The van der Waals surface area contributed by atoms with Gasteiger partial charge in [0.1, 0.15) is 5.70 Å². The van der Waals surface area contributed by atoms with Gasteiger partial charge in [-0.1, -0.05) is 80.4 Å². The lowest BCUT2D eigenvalue weighted by atomic mass is 10.1. The smallest absolute Gasteiger partial charge is 0.272 e. The molecule has 0 atom stereocenters. The number of rotatable bonds is 8. The Kier molecular flexibility index (Phi) is 9.19. The molecule has 188 valence electrons. The van der Waals surface area contributed by atoms with Gasteiger partial charge in [0.05, 0.1) is 0 Å². The van der Waals surface area contributed by atoms with Crippen molar-refractivity contribution < 1.29 is 14.4 Å². The first-order chi connectivity index (χ1) is 18.4. The van der Waals surface area contributed by atoms with E-state index in [1.54, 1.807) is 60.7 Å². The fraction of sp³-hybridized carbons (Fsp3) is 0. The average molecular weight is 630 g/mol. The molecule has 0 aromatic heterocycles. The van der Waals surface area contributed by atoms with E-state index in [-0.39, 0.29) is 11.5 Å². The number of hydrogen-bond acceptors (Lipinski definition) is 3. The summed E-state index contributed by atoms with van der Waals surface area (Å²) in [6, 6.07) is 30.2. The summed E-state index contributed by atoms with van der Waals surface area (Å²) in [5.74, 6) is -1.05. The molecule has 0 bridgehead atoms. The van der Waals surface area contributed by atoms with Crippen LogP contribution in [-0.4, -0.2) is 17.6 Å². The molecule has 0 heterocycles. The van der Waals surface area contributed by atoms with E-state index in [1.165, 1.54) is 6.08 Å². The fourth-order valence-electron chi connectivity index (χ4n) is 3.43. The summed E-state index contributed by atoms with van der Waals surface area (Å²) in [4.78, 5) is 38.5. The third-order valence-electron chi connectivity index (χ3n) is 5.43. The predicted molar refractivity (Wildman–Crippen MR) is 159 cm³/mol. The van der Waals surface area contributed by atoms with E-state index in [0.717, 1.165) is 20.1 Å².